The van der Waals surface area contributed by atoms with Crippen molar-refractivity contribution in [2.75, 3.05) is 12.4 Å². The summed E-state index contributed by atoms with van der Waals surface area (Å²) in [6.45, 7) is 6.09. The number of aromatic amines is 1. The third-order valence-corrected chi connectivity index (χ3v) is 7.04. The Balaban J connectivity index is 1.32. The summed E-state index contributed by atoms with van der Waals surface area (Å²) in [6, 6.07) is 15.8. The Labute approximate surface area is 205 Å². The summed E-state index contributed by atoms with van der Waals surface area (Å²) < 4.78 is 20.9. The molecule has 180 valence electrons. The molecule has 0 saturated carbocycles. The number of aliphatic hydroxyl groups is 1. The average Bonchev–Trinajstić information content (AvgIpc) is 3.45. The number of para-hydroxylation sites is 1. The molecule has 0 radical (unpaired) electrons. The maximum atomic E-state index is 15.4. The molecule has 5 rings (SSSR count). The Bertz CT molecular complexity index is 1410. The van der Waals surface area contributed by atoms with E-state index in [1.807, 2.05) is 37.3 Å². The Morgan fingerprint density at radius 1 is 1.11 bits per heavy atom. The number of aromatic nitrogens is 1. The Hall–Kier alpha value is -3.57. The molecule has 0 saturated heterocycles. The van der Waals surface area contributed by atoms with E-state index in [0.29, 0.717) is 24.1 Å². The number of methoxy groups -OCH3 is 1. The van der Waals surface area contributed by atoms with E-state index >= 15 is 4.39 Å². The zero-order valence-electron chi connectivity index (χ0n) is 20.2. The fourth-order valence-corrected chi connectivity index (χ4v) is 5.23. The van der Waals surface area contributed by atoms with Gasteiger partial charge in [-0.15, -0.1) is 0 Å². The summed E-state index contributed by atoms with van der Waals surface area (Å²) in [5.74, 6) is -0.106. The molecule has 5 heteroatoms. The average molecular weight is 471 g/mol. The van der Waals surface area contributed by atoms with Gasteiger partial charge >= 0.3 is 0 Å². The first-order valence-corrected chi connectivity index (χ1v) is 12.1. The number of halogens is 1. The van der Waals surface area contributed by atoms with Crippen molar-refractivity contribution in [3.8, 4) is 5.75 Å². The van der Waals surface area contributed by atoms with Crippen LogP contribution in [0.3, 0.4) is 0 Å². The number of hydrogen-bond acceptors (Lipinski definition) is 3. The topological polar surface area (TPSA) is 57.3 Å². The molecule has 1 aliphatic carbocycles. The first-order chi connectivity index (χ1) is 17.0. The maximum absolute atomic E-state index is 15.4. The summed E-state index contributed by atoms with van der Waals surface area (Å²) in [6.07, 6.45) is 5.41. The second-order valence-corrected chi connectivity index (χ2v) is 9.35. The smallest absolute Gasteiger partial charge is 0.178 e. The molecule has 0 amide bonds. The number of H-pyrrole nitrogens is 1. The lowest BCUT2D eigenvalue weighted by atomic mass is 10.00. The van der Waals surface area contributed by atoms with Crippen LogP contribution in [0.15, 0.2) is 61.3 Å². The molecule has 0 aliphatic heterocycles. The number of hydrogen-bond donors (Lipinski definition) is 3. The number of aryl methyl sites for hydroxylation is 2. The zero-order chi connectivity index (χ0) is 24.5. The Morgan fingerprint density at radius 3 is 2.71 bits per heavy atom. The van der Waals surface area contributed by atoms with Gasteiger partial charge in [0.2, 0.25) is 0 Å². The van der Waals surface area contributed by atoms with Gasteiger partial charge in [0.15, 0.2) is 11.6 Å². The van der Waals surface area contributed by atoms with Gasteiger partial charge in [0.05, 0.1) is 24.4 Å². The van der Waals surface area contributed by atoms with Crippen molar-refractivity contribution in [2.24, 2.45) is 0 Å². The van der Waals surface area contributed by atoms with E-state index in [1.165, 1.54) is 18.1 Å². The van der Waals surface area contributed by atoms with E-state index in [2.05, 4.69) is 41.3 Å². The van der Waals surface area contributed by atoms with Crippen LogP contribution in [0.2, 0.25) is 0 Å². The van der Waals surface area contributed by atoms with Crippen molar-refractivity contribution in [1.82, 2.24) is 4.98 Å². The van der Waals surface area contributed by atoms with Crippen LogP contribution in [0.4, 0.5) is 15.8 Å². The highest BCUT2D eigenvalue weighted by Gasteiger charge is 2.23. The van der Waals surface area contributed by atoms with Crippen LogP contribution in [0.1, 0.15) is 53.7 Å². The highest BCUT2D eigenvalue weighted by atomic mass is 19.1. The summed E-state index contributed by atoms with van der Waals surface area (Å²) in [7, 11) is 1.50. The minimum absolute atomic E-state index is 0.219. The van der Waals surface area contributed by atoms with Crippen molar-refractivity contribution >= 4 is 27.9 Å². The van der Waals surface area contributed by atoms with Gasteiger partial charge in [-0.05, 0) is 79.0 Å². The van der Waals surface area contributed by atoms with Crippen LogP contribution in [0.25, 0.3) is 16.5 Å². The molecule has 3 aromatic carbocycles. The fraction of sp³-hybridized carbons (Fsp3) is 0.267. The third-order valence-electron chi connectivity index (χ3n) is 7.04. The number of nitrogens with one attached hydrogen (secondary N) is 2. The number of fused-ring (bicyclic) bond motifs is 2. The molecule has 1 unspecified atom stereocenters. The van der Waals surface area contributed by atoms with Crippen LogP contribution in [0, 0.1) is 5.82 Å². The molecule has 3 N–H and O–H groups in total. The second kappa shape index (κ2) is 9.59. The van der Waals surface area contributed by atoms with Gasteiger partial charge in [-0.25, -0.2) is 4.39 Å². The number of anilines is 2. The number of allylic oxidation sites excluding steroid dienone is 1. The quantitative estimate of drug-likeness (QED) is 0.254. The molecule has 1 aliphatic rings. The van der Waals surface area contributed by atoms with Gasteiger partial charge in [0, 0.05) is 22.8 Å². The van der Waals surface area contributed by atoms with E-state index in [-0.39, 0.29) is 11.6 Å². The van der Waals surface area contributed by atoms with Crippen molar-refractivity contribution in [3.05, 3.63) is 94.9 Å². The Kier molecular flexibility index (Phi) is 6.35. The predicted molar refractivity (Wildman–Crippen MR) is 141 cm³/mol. The molecule has 4 nitrogen and oxygen atoms in total. The fourth-order valence-electron chi connectivity index (χ4n) is 5.23. The predicted octanol–water partition coefficient (Wildman–Crippen LogP) is 7.25. The van der Waals surface area contributed by atoms with Crippen LogP contribution < -0.4 is 10.1 Å². The summed E-state index contributed by atoms with van der Waals surface area (Å²) in [4.78, 5) is 3.39. The molecule has 0 bridgehead atoms. The molecule has 1 atom stereocenters. The minimum atomic E-state index is -0.433. The number of benzene rings is 3. The first-order valence-electron chi connectivity index (χ1n) is 12.1. The molecule has 1 aromatic heterocycles. The highest BCUT2D eigenvalue weighted by Crippen LogP contribution is 2.39. The van der Waals surface area contributed by atoms with E-state index in [0.717, 1.165) is 52.7 Å². The van der Waals surface area contributed by atoms with Gasteiger partial charge in [0.1, 0.15) is 0 Å². The van der Waals surface area contributed by atoms with E-state index in [4.69, 9.17) is 4.74 Å². The van der Waals surface area contributed by atoms with Gasteiger partial charge in [0.25, 0.3) is 0 Å². The highest BCUT2D eigenvalue weighted by molar-refractivity contribution is 5.92. The first kappa shape index (κ1) is 23.2. The van der Waals surface area contributed by atoms with Crippen LogP contribution >= 0.6 is 0 Å². The molecule has 35 heavy (non-hydrogen) atoms. The van der Waals surface area contributed by atoms with Gasteiger partial charge in [-0.3, -0.25) is 0 Å². The van der Waals surface area contributed by atoms with Crippen LogP contribution in [0.5, 0.6) is 5.75 Å². The van der Waals surface area contributed by atoms with Gasteiger partial charge < -0.3 is 20.1 Å². The molecule has 0 fully saturated rings. The third kappa shape index (κ3) is 4.32. The summed E-state index contributed by atoms with van der Waals surface area (Å²) >= 11 is 0. The largest absolute Gasteiger partial charge is 0.492 e. The van der Waals surface area contributed by atoms with E-state index in [1.54, 1.807) is 0 Å². The molecule has 1 heterocycles. The minimum Gasteiger partial charge on any atom is -0.492 e. The van der Waals surface area contributed by atoms with Gasteiger partial charge in [-0.1, -0.05) is 43.0 Å². The van der Waals surface area contributed by atoms with Crippen LogP contribution in [-0.4, -0.2) is 17.2 Å². The van der Waals surface area contributed by atoms with Crippen molar-refractivity contribution in [2.45, 2.75) is 45.1 Å². The summed E-state index contributed by atoms with van der Waals surface area (Å²) in [5.41, 5.74) is 8.65. The Morgan fingerprint density at radius 2 is 1.91 bits per heavy atom. The summed E-state index contributed by atoms with van der Waals surface area (Å²) in [5, 5.41) is 14.7. The second-order valence-electron chi connectivity index (χ2n) is 9.35. The van der Waals surface area contributed by atoms with E-state index in [9.17, 15) is 5.11 Å². The standard InChI is InChI=1S/C30H31FN2O2/c1-18(2)21-9-5-10-22-20(17-32-29(21)22)8-4-7-19-13-15-26(30(35-3)28(19)31)33-25-12-6-11-24-23(25)14-16-27(24)34/h5-6,9-13,15,17,27,32-34H,1,4,7-8,14,16H2,2-3H3. The molecular weight excluding hydrogens is 439 g/mol. The lowest BCUT2D eigenvalue weighted by Crippen LogP contribution is -2.03. The number of ether oxygens (including phenoxy) is 1. The zero-order valence-corrected chi connectivity index (χ0v) is 20.2. The monoisotopic (exact) mass is 470 g/mol. The van der Waals surface area contributed by atoms with E-state index < -0.39 is 6.10 Å². The molecular formula is C30H31FN2O2. The SMILES string of the molecule is C=C(C)c1cccc2c(CCCc3ccc(Nc4cccc5c4CCC5O)c(OC)c3F)c[nH]c12. The number of rotatable bonds is 8. The number of aliphatic hydroxyl groups excluding tert-OH is 1. The lowest BCUT2D eigenvalue weighted by Gasteiger charge is -2.17. The maximum Gasteiger partial charge on any atom is 0.178 e. The van der Waals surface area contributed by atoms with Crippen molar-refractivity contribution in [1.29, 1.82) is 0 Å². The van der Waals surface area contributed by atoms with Crippen molar-refractivity contribution < 1.29 is 14.2 Å². The molecule has 0 spiro atoms. The van der Waals surface area contributed by atoms with Gasteiger partial charge in [-0.2, -0.15) is 0 Å². The van der Waals surface area contributed by atoms with Crippen molar-refractivity contribution in [3.63, 3.8) is 0 Å². The lowest BCUT2D eigenvalue weighted by molar-refractivity contribution is 0.180. The normalized spacial score (nSPS) is 14.8. The van der Waals surface area contributed by atoms with Crippen LogP contribution in [-0.2, 0) is 19.3 Å². The molecule has 4 aromatic rings.